The van der Waals surface area contributed by atoms with Crippen molar-refractivity contribution in [2.45, 2.75) is 0 Å². The molecule has 0 bridgehead atoms. The van der Waals surface area contributed by atoms with E-state index < -0.39 is 23.4 Å². The number of benzene rings is 3. The number of anilines is 2. The number of rotatable bonds is 4. The first-order chi connectivity index (χ1) is 13.9. The van der Waals surface area contributed by atoms with Crippen molar-refractivity contribution in [2.75, 3.05) is 10.2 Å². The van der Waals surface area contributed by atoms with Crippen LogP contribution in [0.5, 0.6) is 0 Å². The summed E-state index contributed by atoms with van der Waals surface area (Å²) < 4.78 is 26.9. The number of amides is 2. The molecule has 29 heavy (non-hydrogen) atoms. The summed E-state index contributed by atoms with van der Waals surface area (Å²) in [6.45, 7) is 0. The van der Waals surface area contributed by atoms with Gasteiger partial charge in [-0.1, -0.05) is 29.8 Å². The molecule has 0 saturated carbocycles. The van der Waals surface area contributed by atoms with Gasteiger partial charge in [0.1, 0.15) is 17.3 Å². The first-order valence-corrected chi connectivity index (χ1v) is 8.99. The molecule has 1 heterocycles. The zero-order valence-electron chi connectivity index (χ0n) is 14.8. The van der Waals surface area contributed by atoms with Gasteiger partial charge < -0.3 is 5.32 Å². The van der Waals surface area contributed by atoms with Crippen molar-refractivity contribution in [3.8, 4) is 0 Å². The Morgan fingerprint density at radius 2 is 1.48 bits per heavy atom. The average Bonchev–Trinajstić information content (AvgIpc) is 2.93. The third-order valence-corrected chi connectivity index (χ3v) is 4.65. The van der Waals surface area contributed by atoms with Gasteiger partial charge in [0.2, 0.25) is 0 Å². The molecule has 1 aliphatic rings. The number of hydrogen-bond acceptors (Lipinski definition) is 3. The lowest BCUT2D eigenvalue weighted by molar-refractivity contribution is -0.120. The molecule has 1 N–H and O–H groups in total. The number of nitrogens with zero attached hydrogens (tertiary/aromatic N) is 1. The second kappa shape index (κ2) is 7.48. The fourth-order valence-corrected chi connectivity index (χ4v) is 3.19. The molecule has 0 aliphatic carbocycles. The van der Waals surface area contributed by atoms with E-state index in [2.05, 4.69) is 5.32 Å². The van der Waals surface area contributed by atoms with Gasteiger partial charge in [0.15, 0.2) is 0 Å². The molecule has 0 spiro atoms. The van der Waals surface area contributed by atoms with Gasteiger partial charge in [-0.2, -0.15) is 0 Å². The van der Waals surface area contributed by atoms with Gasteiger partial charge in [0, 0.05) is 10.7 Å². The van der Waals surface area contributed by atoms with Crippen molar-refractivity contribution in [1.82, 2.24) is 0 Å². The van der Waals surface area contributed by atoms with E-state index in [9.17, 15) is 18.4 Å². The molecule has 0 saturated heterocycles. The van der Waals surface area contributed by atoms with Gasteiger partial charge in [0.05, 0.1) is 11.3 Å². The van der Waals surface area contributed by atoms with E-state index >= 15 is 0 Å². The Morgan fingerprint density at radius 1 is 0.793 bits per heavy atom. The molecule has 0 fully saturated rings. The fourth-order valence-electron chi connectivity index (χ4n) is 3.07. The summed E-state index contributed by atoms with van der Waals surface area (Å²) in [5, 5.41) is 3.33. The van der Waals surface area contributed by atoms with Crippen LogP contribution in [0.2, 0.25) is 5.02 Å². The van der Waals surface area contributed by atoms with Crippen LogP contribution in [0, 0.1) is 11.6 Å². The lowest BCUT2D eigenvalue weighted by atomic mass is 10.0. The summed E-state index contributed by atoms with van der Waals surface area (Å²) in [7, 11) is 0. The monoisotopic (exact) mass is 410 g/mol. The topological polar surface area (TPSA) is 49.4 Å². The number of imide groups is 1. The Labute approximate surface area is 170 Å². The van der Waals surface area contributed by atoms with Crippen LogP contribution in [-0.4, -0.2) is 11.8 Å². The Bertz CT molecular complexity index is 1140. The minimum Gasteiger partial charge on any atom is -0.350 e. The Balaban J connectivity index is 1.82. The third-order valence-electron chi connectivity index (χ3n) is 4.40. The lowest BCUT2D eigenvalue weighted by Crippen LogP contribution is -2.32. The second-order valence-electron chi connectivity index (χ2n) is 6.31. The minimum atomic E-state index is -0.629. The first-order valence-electron chi connectivity index (χ1n) is 8.61. The normalized spacial score (nSPS) is 14.0. The highest BCUT2D eigenvalue weighted by atomic mass is 35.5. The first kappa shape index (κ1) is 18.8. The van der Waals surface area contributed by atoms with E-state index in [1.807, 2.05) is 0 Å². The number of nitrogens with one attached hydrogen (secondary N) is 1. The molecule has 2 amide bonds. The van der Waals surface area contributed by atoms with Crippen LogP contribution in [0.25, 0.3) is 5.57 Å². The Hall–Kier alpha value is -3.51. The average molecular weight is 411 g/mol. The number of carbonyl (C=O) groups excluding carboxylic acids is 2. The molecule has 7 heteroatoms. The third kappa shape index (κ3) is 3.62. The van der Waals surface area contributed by atoms with Gasteiger partial charge in [0.25, 0.3) is 11.8 Å². The van der Waals surface area contributed by atoms with Crippen molar-refractivity contribution in [1.29, 1.82) is 0 Å². The maximum Gasteiger partial charge on any atom is 0.282 e. The summed E-state index contributed by atoms with van der Waals surface area (Å²) in [4.78, 5) is 27.2. The highest BCUT2D eigenvalue weighted by molar-refractivity contribution is 6.46. The van der Waals surface area contributed by atoms with Crippen LogP contribution in [-0.2, 0) is 9.59 Å². The molecule has 4 rings (SSSR count). The van der Waals surface area contributed by atoms with E-state index in [1.165, 1.54) is 30.3 Å². The Kier molecular flexibility index (Phi) is 4.86. The van der Waals surface area contributed by atoms with Gasteiger partial charge >= 0.3 is 0 Å². The molecule has 144 valence electrons. The molecular formula is C22H13ClF2N2O2. The standard InChI is InChI=1S/C22H13ClF2N2O2/c23-14-6-4-13(5-7-14)19-20(26-17-3-1-2-16(25)12-17)22(29)27(21(19)28)18-10-8-15(24)9-11-18/h1-12,26H. The smallest absolute Gasteiger partial charge is 0.282 e. The maximum atomic E-state index is 13.6. The molecule has 1 aliphatic heterocycles. The zero-order chi connectivity index (χ0) is 20.5. The van der Waals surface area contributed by atoms with E-state index in [0.717, 1.165) is 17.0 Å². The minimum absolute atomic E-state index is 0.00718. The van der Waals surface area contributed by atoms with Crippen LogP contribution < -0.4 is 10.2 Å². The van der Waals surface area contributed by atoms with Crippen molar-refractivity contribution in [3.63, 3.8) is 0 Å². The van der Waals surface area contributed by atoms with Gasteiger partial charge in [-0.3, -0.25) is 9.59 Å². The molecule has 4 nitrogen and oxygen atoms in total. The van der Waals surface area contributed by atoms with Crippen molar-refractivity contribution < 1.29 is 18.4 Å². The molecular weight excluding hydrogens is 398 g/mol. The molecule has 0 unspecified atom stereocenters. The summed E-state index contributed by atoms with van der Waals surface area (Å²) in [5.74, 6) is -2.19. The molecule has 0 atom stereocenters. The quantitative estimate of drug-likeness (QED) is 0.615. The van der Waals surface area contributed by atoms with Gasteiger partial charge in [-0.15, -0.1) is 0 Å². The number of carbonyl (C=O) groups is 2. The SMILES string of the molecule is O=C1C(Nc2cccc(F)c2)=C(c2ccc(Cl)cc2)C(=O)N1c1ccc(F)cc1. The van der Waals surface area contributed by atoms with E-state index in [0.29, 0.717) is 16.3 Å². The molecule has 0 aromatic heterocycles. The summed E-state index contributed by atoms with van der Waals surface area (Å²) in [5.41, 5.74) is 1.11. The van der Waals surface area contributed by atoms with Crippen LogP contribution in [0.4, 0.5) is 20.2 Å². The van der Waals surface area contributed by atoms with E-state index in [4.69, 9.17) is 11.6 Å². The lowest BCUT2D eigenvalue weighted by Gasteiger charge is -2.15. The van der Waals surface area contributed by atoms with Gasteiger partial charge in [-0.25, -0.2) is 13.7 Å². The van der Waals surface area contributed by atoms with Crippen LogP contribution in [0.3, 0.4) is 0 Å². The van der Waals surface area contributed by atoms with E-state index in [1.54, 1.807) is 30.3 Å². The maximum absolute atomic E-state index is 13.6. The summed E-state index contributed by atoms with van der Waals surface area (Å²) in [6.07, 6.45) is 0. The van der Waals surface area contributed by atoms with Crippen LogP contribution >= 0.6 is 11.6 Å². The fraction of sp³-hybridized carbons (Fsp3) is 0. The largest absolute Gasteiger partial charge is 0.350 e. The van der Waals surface area contributed by atoms with Crippen LogP contribution in [0.1, 0.15) is 5.56 Å². The predicted octanol–water partition coefficient (Wildman–Crippen LogP) is 5.01. The Morgan fingerprint density at radius 3 is 2.14 bits per heavy atom. The number of halogens is 3. The van der Waals surface area contributed by atoms with Crippen LogP contribution in [0.15, 0.2) is 78.5 Å². The molecule has 3 aromatic rings. The highest BCUT2D eigenvalue weighted by Gasteiger charge is 2.40. The number of hydrogen-bond donors (Lipinski definition) is 1. The highest BCUT2D eigenvalue weighted by Crippen LogP contribution is 2.34. The van der Waals surface area contributed by atoms with Gasteiger partial charge in [-0.05, 0) is 60.2 Å². The second-order valence-corrected chi connectivity index (χ2v) is 6.75. The van der Waals surface area contributed by atoms with Crippen molar-refractivity contribution >= 4 is 40.4 Å². The summed E-state index contributed by atoms with van der Waals surface area (Å²) >= 11 is 5.94. The van der Waals surface area contributed by atoms with Crippen molar-refractivity contribution in [2.24, 2.45) is 0 Å². The predicted molar refractivity (Wildman–Crippen MR) is 107 cm³/mol. The summed E-state index contributed by atoms with van der Waals surface area (Å²) in [6, 6.07) is 17.0. The van der Waals surface area contributed by atoms with E-state index in [-0.39, 0.29) is 17.0 Å². The molecule has 3 aromatic carbocycles. The molecule has 0 radical (unpaired) electrons. The zero-order valence-corrected chi connectivity index (χ0v) is 15.6. The van der Waals surface area contributed by atoms with Crippen molar-refractivity contribution in [3.05, 3.63) is 101 Å².